The van der Waals surface area contributed by atoms with Crippen molar-refractivity contribution in [2.75, 3.05) is 26.8 Å². The number of esters is 1. The van der Waals surface area contributed by atoms with Crippen LogP contribution in [0.3, 0.4) is 0 Å². The number of para-hydroxylation sites is 1. The van der Waals surface area contributed by atoms with Gasteiger partial charge in [0.2, 0.25) is 0 Å². The van der Waals surface area contributed by atoms with Gasteiger partial charge in [0.25, 0.3) is 0 Å². The highest BCUT2D eigenvalue weighted by atomic mass is 35.5. The number of halogens is 3. The number of nitrogens with zero attached hydrogens (tertiary/aromatic N) is 3. The van der Waals surface area contributed by atoms with Crippen molar-refractivity contribution < 1.29 is 32.2 Å². The Kier molecular flexibility index (Phi) is 8.20. The molecule has 8 nitrogen and oxygen atoms in total. The number of imidazole rings is 1. The number of ether oxygens (including phenoxy) is 3. The monoisotopic (exact) mass is 635 g/mol. The second-order valence-electron chi connectivity index (χ2n) is 11.6. The lowest BCUT2D eigenvalue weighted by molar-refractivity contribution is -0.0592. The van der Waals surface area contributed by atoms with Gasteiger partial charge in [-0.15, -0.1) is 0 Å². The maximum atomic E-state index is 15.1. The Hall–Kier alpha value is -3.99. The molecule has 0 saturated carbocycles. The molecular formula is C34H32ClF2N3O5. The second kappa shape index (κ2) is 12.4. The summed E-state index contributed by atoms with van der Waals surface area (Å²) in [5, 5.41) is 0.340. The minimum absolute atomic E-state index is 0.00597. The number of fused-ring (bicyclic) bond motifs is 2. The second-order valence-corrected chi connectivity index (χ2v) is 12.0. The predicted molar refractivity (Wildman–Crippen MR) is 165 cm³/mol. The minimum Gasteiger partial charge on any atom is -0.485 e. The zero-order valence-electron chi connectivity index (χ0n) is 24.7. The van der Waals surface area contributed by atoms with Crippen molar-refractivity contribution in [2.24, 2.45) is 0 Å². The molecule has 0 N–H and O–H groups in total. The fourth-order valence-corrected chi connectivity index (χ4v) is 6.54. The Bertz CT molecular complexity index is 1880. The summed E-state index contributed by atoms with van der Waals surface area (Å²) in [7, 11) is 1.37. The van der Waals surface area contributed by atoms with Crippen molar-refractivity contribution in [1.29, 1.82) is 0 Å². The molecule has 0 aliphatic carbocycles. The molecule has 2 saturated heterocycles. The summed E-state index contributed by atoms with van der Waals surface area (Å²) in [6, 6.07) is 14.8. The Morgan fingerprint density at radius 3 is 2.64 bits per heavy atom. The fraction of sp³-hybridized carbons (Fsp3) is 0.353. The van der Waals surface area contributed by atoms with E-state index in [2.05, 4.69) is 9.47 Å². The van der Waals surface area contributed by atoms with Crippen LogP contribution in [0.1, 0.15) is 52.5 Å². The Balaban J connectivity index is 1.07. The molecular weight excluding hydrogens is 604 g/mol. The topological polar surface area (TPSA) is 79.0 Å². The molecule has 0 amide bonds. The maximum absolute atomic E-state index is 15.1. The largest absolute Gasteiger partial charge is 0.485 e. The van der Waals surface area contributed by atoms with Crippen molar-refractivity contribution in [3.63, 3.8) is 0 Å². The number of benzene rings is 3. The zero-order chi connectivity index (χ0) is 31.1. The number of piperidine rings is 1. The van der Waals surface area contributed by atoms with E-state index in [0.29, 0.717) is 29.8 Å². The summed E-state index contributed by atoms with van der Waals surface area (Å²) in [5.74, 6) is -0.0490. The predicted octanol–water partition coefficient (Wildman–Crippen LogP) is 7.25. The van der Waals surface area contributed by atoms with Gasteiger partial charge >= 0.3 is 5.97 Å². The van der Waals surface area contributed by atoms with Crippen LogP contribution in [0.5, 0.6) is 5.75 Å². The zero-order valence-corrected chi connectivity index (χ0v) is 25.5. The summed E-state index contributed by atoms with van der Waals surface area (Å²) in [6.45, 7) is 3.65. The first-order chi connectivity index (χ1) is 21.9. The van der Waals surface area contributed by atoms with E-state index in [4.69, 9.17) is 35.2 Å². The number of carbonyl (C=O) groups is 1. The van der Waals surface area contributed by atoms with Gasteiger partial charge in [-0.25, -0.2) is 18.6 Å². The van der Waals surface area contributed by atoms with Gasteiger partial charge < -0.3 is 23.2 Å². The first kappa shape index (κ1) is 29.7. The number of aromatic nitrogens is 2. The quantitative estimate of drug-likeness (QED) is 0.158. The average molecular weight is 636 g/mol. The molecule has 4 heterocycles. The third kappa shape index (κ3) is 5.90. The Labute approximate surface area is 263 Å². The molecule has 3 aromatic carbocycles. The van der Waals surface area contributed by atoms with E-state index < -0.39 is 11.6 Å². The lowest BCUT2D eigenvalue weighted by atomic mass is 9.88. The number of furan rings is 1. The van der Waals surface area contributed by atoms with Crippen LogP contribution in [0.2, 0.25) is 5.22 Å². The van der Waals surface area contributed by atoms with Crippen LogP contribution in [0, 0.1) is 11.6 Å². The van der Waals surface area contributed by atoms with Gasteiger partial charge in [0, 0.05) is 23.8 Å². The third-order valence-electron chi connectivity index (χ3n) is 8.87. The normalized spacial score (nSPS) is 17.6. The lowest BCUT2D eigenvalue weighted by Gasteiger charge is -2.33. The van der Waals surface area contributed by atoms with Gasteiger partial charge in [-0.2, -0.15) is 0 Å². The number of likely N-dealkylation sites (tertiary alicyclic amines) is 1. The summed E-state index contributed by atoms with van der Waals surface area (Å²) < 4.78 is 53.8. The van der Waals surface area contributed by atoms with E-state index >= 15 is 4.39 Å². The first-order valence-corrected chi connectivity index (χ1v) is 15.4. The summed E-state index contributed by atoms with van der Waals surface area (Å²) in [5.41, 5.74) is 3.88. The molecule has 7 rings (SSSR count). The van der Waals surface area contributed by atoms with Crippen LogP contribution in [0.25, 0.3) is 22.0 Å². The van der Waals surface area contributed by atoms with Gasteiger partial charge in [-0.3, -0.25) is 4.90 Å². The molecule has 11 heteroatoms. The molecule has 2 aromatic heterocycles. The van der Waals surface area contributed by atoms with Crippen LogP contribution in [-0.4, -0.2) is 53.3 Å². The van der Waals surface area contributed by atoms with Crippen LogP contribution >= 0.6 is 11.6 Å². The number of hydrogen-bond acceptors (Lipinski definition) is 7. The van der Waals surface area contributed by atoms with E-state index in [9.17, 15) is 9.18 Å². The van der Waals surface area contributed by atoms with Crippen LogP contribution in [0.15, 0.2) is 59.0 Å². The molecule has 0 unspecified atom stereocenters. The first-order valence-electron chi connectivity index (χ1n) is 15.1. The van der Waals surface area contributed by atoms with Gasteiger partial charge in [0.05, 0.1) is 48.3 Å². The summed E-state index contributed by atoms with van der Waals surface area (Å²) in [4.78, 5) is 19.5. The van der Waals surface area contributed by atoms with E-state index in [1.165, 1.54) is 25.3 Å². The Morgan fingerprint density at radius 1 is 1.07 bits per heavy atom. The number of rotatable bonds is 9. The lowest BCUT2D eigenvalue weighted by Crippen LogP contribution is -2.35. The average Bonchev–Trinajstić information content (AvgIpc) is 3.59. The Morgan fingerprint density at radius 2 is 1.89 bits per heavy atom. The molecule has 2 fully saturated rings. The third-order valence-corrected chi connectivity index (χ3v) is 9.06. The molecule has 2 aliphatic rings. The molecule has 0 radical (unpaired) electrons. The summed E-state index contributed by atoms with van der Waals surface area (Å²) in [6.07, 6.45) is 2.73. The van der Waals surface area contributed by atoms with Crippen molar-refractivity contribution in [2.45, 2.75) is 51.0 Å². The molecule has 2 aliphatic heterocycles. The standard InChI is InChI=1S/C34H32ClF2N3O5/c1-42-34(41)21-6-8-28-29(15-21)40(17-23-11-14-43-23)31(38-28)18-39-12-9-20(10-13-39)24-3-2-4-27(37)33(24)44-19-22-5-7-26(36)25-16-30(35)45-32(22)25/h2-8,15-16,20,23H,9-14,17-19H2,1H3/t23-/m0/s1. The highest BCUT2D eigenvalue weighted by Crippen LogP contribution is 2.37. The summed E-state index contributed by atoms with van der Waals surface area (Å²) >= 11 is 5.98. The van der Waals surface area contributed by atoms with E-state index in [-0.39, 0.29) is 41.0 Å². The molecule has 0 spiro atoms. The van der Waals surface area contributed by atoms with Gasteiger partial charge in [0.15, 0.2) is 16.8 Å². The highest BCUT2D eigenvalue weighted by Gasteiger charge is 2.28. The van der Waals surface area contributed by atoms with Gasteiger partial charge in [0.1, 0.15) is 23.8 Å². The van der Waals surface area contributed by atoms with Crippen LogP contribution in [0.4, 0.5) is 8.78 Å². The number of methoxy groups -OCH3 is 1. The minimum atomic E-state index is -0.444. The number of hydrogen-bond donors (Lipinski definition) is 0. The highest BCUT2D eigenvalue weighted by molar-refractivity contribution is 6.29. The van der Waals surface area contributed by atoms with Gasteiger partial charge in [-0.05, 0) is 86.3 Å². The van der Waals surface area contributed by atoms with Crippen molar-refractivity contribution in [1.82, 2.24) is 14.5 Å². The molecule has 5 aromatic rings. The maximum Gasteiger partial charge on any atom is 0.337 e. The van der Waals surface area contributed by atoms with Crippen molar-refractivity contribution >= 4 is 39.6 Å². The van der Waals surface area contributed by atoms with Crippen LogP contribution < -0.4 is 4.74 Å². The smallest absolute Gasteiger partial charge is 0.337 e. The van der Waals surface area contributed by atoms with Crippen molar-refractivity contribution in [3.05, 3.63) is 94.0 Å². The number of carbonyl (C=O) groups excluding carboxylic acids is 1. The molecule has 0 bridgehead atoms. The van der Waals surface area contributed by atoms with E-state index in [1.54, 1.807) is 18.2 Å². The molecule has 45 heavy (non-hydrogen) atoms. The van der Waals surface area contributed by atoms with Gasteiger partial charge in [-0.1, -0.05) is 12.1 Å². The fourth-order valence-electron chi connectivity index (χ4n) is 6.36. The van der Waals surface area contributed by atoms with Crippen LogP contribution in [-0.2, 0) is 29.2 Å². The molecule has 1 atom stereocenters. The van der Waals surface area contributed by atoms with Crippen molar-refractivity contribution in [3.8, 4) is 5.75 Å². The molecule has 234 valence electrons. The van der Waals surface area contributed by atoms with E-state index in [1.807, 2.05) is 18.2 Å². The van der Waals surface area contributed by atoms with E-state index in [0.717, 1.165) is 61.4 Å². The SMILES string of the molecule is COC(=O)c1ccc2nc(CN3CCC(c4cccc(F)c4OCc4ccc(F)c5cc(Cl)oc45)CC3)n(C[C@@H]3CCO3)c2c1.